The Morgan fingerprint density at radius 3 is 2.71 bits per heavy atom. The van der Waals surface area contributed by atoms with Gasteiger partial charge in [-0.3, -0.25) is 4.79 Å². The molecule has 24 heavy (non-hydrogen) atoms. The number of benzene rings is 2. The van der Waals surface area contributed by atoms with Gasteiger partial charge in [0, 0.05) is 5.02 Å². The van der Waals surface area contributed by atoms with Crippen molar-refractivity contribution in [2.45, 2.75) is 24.4 Å². The molecule has 1 fully saturated rings. The third kappa shape index (κ3) is 2.82. The van der Waals surface area contributed by atoms with E-state index in [2.05, 4.69) is 5.32 Å². The third-order valence-electron chi connectivity index (χ3n) is 4.62. The van der Waals surface area contributed by atoms with Gasteiger partial charge in [-0.15, -0.1) is 0 Å². The Hall–Kier alpha value is -2.20. The summed E-state index contributed by atoms with van der Waals surface area (Å²) in [5.41, 5.74) is 0.553. The monoisotopic (exact) mass is 343 g/mol. The Bertz CT molecular complexity index is 773. The van der Waals surface area contributed by atoms with Gasteiger partial charge in [0.05, 0.1) is 12.0 Å². The van der Waals surface area contributed by atoms with Gasteiger partial charge in [0.1, 0.15) is 12.7 Å². The van der Waals surface area contributed by atoms with Crippen LogP contribution in [0.3, 0.4) is 0 Å². The van der Waals surface area contributed by atoms with E-state index in [1.807, 2.05) is 48.5 Å². The van der Waals surface area contributed by atoms with Crippen LogP contribution in [-0.4, -0.2) is 25.2 Å². The van der Waals surface area contributed by atoms with Crippen molar-refractivity contribution in [3.8, 4) is 11.5 Å². The van der Waals surface area contributed by atoms with Gasteiger partial charge in [0.25, 0.3) is 0 Å². The number of carbonyl (C=O) groups is 1. The number of halogens is 1. The van der Waals surface area contributed by atoms with Crippen molar-refractivity contribution in [1.82, 2.24) is 5.32 Å². The molecule has 1 heterocycles. The predicted molar refractivity (Wildman–Crippen MR) is 91.7 cm³/mol. The molecule has 0 bridgehead atoms. The van der Waals surface area contributed by atoms with E-state index in [0.29, 0.717) is 18.2 Å². The Kier molecular flexibility index (Phi) is 3.85. The third-order valence-corrected chi connectivity index (χ3v) is 4.85. The van der Waals surface area contributed by atoms with E-state index in [1.165, 1.54) is 0 Å². The standard InChI is InChI=1S/C19H18ClNO3/c20-14-5-3-4-13(10-14)19(8-9-19)18(22)21-11-15-12-23-16-6-1-2-7-17(16)24-15/h1-7,10,15H,8-9,11-12H2,(H,21,22). The number of hydrogen-bond acceptors (Lipinski definition) is 3. The van der Waals surface area contributed by atoms with Crippen LogP contribution >= 0.6 is 11.6 Å². The smallest absolute Gasteiger partial charge is 0.230 e. The molecule has 1 saturated carbocycles. The number of hydrogen-bond donors (Lipinski definition) is 1. The molecule has 1 amide bonds. The lowest BCUT2D eigenvalue weighted by Crippen LogP contribution is -2.44. The highest BCUT2D eigenvalue weighted by Gasteiger charge is 2.51. The van der Waals surface area contributed by atoms with Gasteiger partial charge in [0.2, 0.25) is 5.91 Å². The number of para-hydroxylation sites is 2. The summed E-state index contributed by atoms with van der Waals surface area (Å²) in [7, 11) is 0. The first kappa shape index (κ1) is 15.3. The molecule has 4 nitrogen and oxygen atoms in total. The average Bonchev–Trinajstić information content (AvgIpc) is 3.41. The molecule has 0 radical (unpaired) electrons. The number of rotatable bonds is 4. The molecule has 1 N–H and O–H groups in total. The first-order chi connectivity index (χ1) is 11.7. The summed E-state index contributed by atoms with van der Waals surface area (Å²) < 4.78 is 11.6. The van der Waals surface area contributed by atoms with Gasteiger partial charge in [0.15, 0.2) is 11.5 Å². The van der Waals surface area contributed by atoms with E-state index in [1.54, 1.807) is 0 Å². The second-order valence-corrected chi connectivity index (χ2v) is 6.74. The SMILES string of the molecule is O=C(NCC1COc2ccccc2O1)C1(c2cccc(Cl)c2)CC1. The van der Waals surface area contributed by atoms with E-state index in [9.17, 15) is 4.79 Å². The highest BCUT2D eigenvalue weighted by Crippen LogP contribution is 2.48. The molecule has 0 spiro atoms. The van der Waals surface area contributed by atoms with E-state index in [4.69, 9.17) is 21.1 Å². The lowest BCUT2D eigenvalue weighted by Gasteiger charge is -2.27. The lowest BCUT2D eigenvalue weighted by atomic mass is 9.95. The van der Waals surface area contributed by atoms with Gasteiger partial charge in [-0.25, -0.2) is 0 Å². The molecule has 4 rings (SSSR count). The largest absolute Gasteiger partial charge is 0.486 e. The quantitative estimate of drug-likeness (QED) is 0.926. The minimum absolute atomic E-state index is 0.0345. The molecular formula is C19H18ClNO3. The fraction of sp³-hybridized carbons (Fsp3) is 0.316. The summed E-state index contributed by atoms with van der Waals surface area (Å²) in [6, 6.07) is 15.1. The predicted octanol–water partition coefficient (Wildman–Crippen LogP) is 3.33. The Balaban J connectivity index is 1.39. The Morgan fingerprint density at radius 2 is 1.96 bits per heavy atom. The highest BCUT2D eigenvalue weighted by atomic mass is 35.5. The lowest BCUT2D eigenvalue weighted by molar-refractivity contribution is -0.124. The molecule has 1 aliphatic carbocycles. The summed E-state index contributed by atoms with van der Waals surface area (Å²) in [6.07, 6.45) is 1.52. The maximum atomic E-state index is 12.7. The molecule has 0 aromatic heterocycles. The van der Waals surface area contributed by atoms with Crippen molar-refractivity contribution < 1.29 is 14.3 Å². The van der Waals surface area contributed by atoms with Crippen LogP contribution < -0.4 is 14.8 Å². The maximum absolute atomic E-state index is 12.7. The van der Waals surface area contributed by atoms with E-state index in [-0.39, 0.29) is 12.0 Å². The molecule has 1 aliphatic heterocycles. The molecule has 2 aliphatic rings. The number of carbonyl (C=O) groups excluding carboxylic acids is 1. The van der Waals surface area contributed by atoms with Crippen LogP contribution in [0.2, 0.25) is 5.02 Å². The van der Waals surface area contributed by atoms with Gasteiger partial charge in [-0.2, -0.15) is 0 Å². The van der Waals surface area contributed by atoms with Gasteiger partial charge in [-0.05, 0) is 42.7 Å². The van der Waals surface area contributed by atoms with Crippen LogP contribution in [0.5, 0.6) is 11.5 Å². The van der Waals surface area contributed by atoms with Crippen LogP contribution in [0, 0.1) is 0 Å². The van der Waals surface area contributed by atoms with Crippen LogP contribution in [0.25, 0.3) is 0 Å². The second-order valence-electron chi connectivity index (χ2n) is 6.30. The summed E-state index contributed by atoms with van der Waals surface area (Å²) >= 11 is 6.06. The van der Waals surface area contributed by atoms with Gasteiger partial charge < -0.3 is 14.8 Å². The first-order valence-corrected chi connectivity index (χ1v) is 8.48. The Labute approximate surface area is 145 Å². The zero-order valence-corrected chi connectivity index (χ0v) is 13.9. The van der Waals surface area contributed by atoms with Crippen molar-refractivity contribution in [2.75, 3.05) is 13.2 Å². The molecule has 5 heteroatoms. The molecule has 0 saturated heterocycles. The summed E-state index contributed by atoms with van der Waals surface area (Å²) in [4.78, 5) is 12.7. The summed E-state index contributed by atoms with van der Waals surface area (Å²) in [5, 5.41) is 3.68. The van der Waals surface area contributed by atoms with Crippen LogP contribution in [0.15, 0.2) is 48.5 Å². The zero-order chi connectivity index (χ0) is 16.6. The maximum Gasteiger partial charge on any atom is 0.230 e. The minimum atomic E-state index is -0.432. The molecule has 1 atom stereocenters. The fourth-order valence-corrected chi connectivity index (χ4v) is 3.29. The fourth-order valence-electron chi connectivity index (χ4n) is 3.10. The molecule has 124 valence electrons. The first-order valence-electron chi connectivity index (χ1n) is 8.10. The van der Waals surface area contributed by atoms with Crippen molar-refractivity contribution in [2.24, 2.45) is 0 Å². The molecule has 2 aromatic rings. The van der Waals surface area contributed by atoms with E-state index >= 15 is 0 Å². The van der Waals surface area contributed by atoms with Gasteiger partial charge in [-0.1, -0.05) is 35.9 Å². The van der Waals surface area contributed by atoms with E-state index in [0.717, 1.165) is 29.9 Å². The van der Waals surface area contributed by atoms with Crippen molar-refractivity contribution in [1.29, 1.82) is 0 Å². The summed E-state index contributed by atoms with van der Waals surface area (Å²) in [5.74, 6) is 1.50. The van der Waals surface area contributed by atoms with Crippen molar-refractivity contribution in [3.05, 3.63) is 59.1 Å². The average molecular weight is 344 g/mol. The number of nitrogens with one attached hydrogen (secondary N) is 1. The Morgan fingerprint density at radius 1 is 1.17 bits per heavy atom. The highest BCUT2D eigenvalue weighted by molar-refractivity contribution is 6.30. The topological polar surface area (TPSA) is 47.6 Å². The second kappa shape index (κ2) is 6.02. The van der Waals surface area contributed by atoms with E-state index < -0.39 is 5.41 Å². The number of amides is 1. The normalized spacial score (nSPS) is 20.3. The molecule has 1 unspecified atom stereocenters. The zero-order valence-electron chi connectivity index (χ0n) is 13.1. The minimum Gasteiger partial charge on any atom is -0.486 e. The van der Waals surface area contributed by atoms with Crippen molar-refractivity contribution >= 4 is 17.5 Å². The summed E-state index contributed by atoms with van der Waals surface area (Å²) in [6.45, 7) is 0.858. The molecular weight excluding hydrogens is 326 g/mol. The van der Waals surface area contributed by atoms with Crippen LogP contribution in [0.1, 0.15) is 18.4 Å². The van der Waals surface area contributed by atoms with Gasteiger partial charge >= 0.3 is 0 Å². The van der Waals surface area contributed by atoms with Crippen molar-refractivity contribution in [3.63, 3.8) is 0 Å². The molecule has 2 aromatic carbocycles. The number of fused-ring (bicyclic) bond motifs is 1. The van der Waals surface area contributed by atoms with Crippen LogP contribution in [0.4, 0.5) is 0 Å². The van der Waals surface area contributed by atoms with Crippen LogP contribution in [-0.2, 0) is 10.2 Å². The number of ether oxygens (including phenoxy) is 2.